The van der Waals surface area contributed by atoms with Gasteiger partial charge >= 0.3 is 0 Å². The van der Waals surface area contributed by atoms with Crippen LogP contribution in [0.1, 0.15) is 43.7 Å². The maximum Gasteiger partial charge on any atom is 0.137 e. The summed E-state index contributed by atoms with van der Waals surface area (Å²) in [5.41, 5.74) is 7.13. The highest BCUT2D eigenvalue weighted by Crippen LogP contribution is 2.33. The molecule has 1 aromatic rings. The van der Waals surface area contributed by atoms with E-state index in [9.17, 15) is 4.39 Å². The normalized spacial score (nSPS) is 18.5. The first-order valence-electron chi connectivity index (χ1n) is 5.89. The predicted molar refractivity (Wildman–Crippen MR) is 74.9 cm³/mol. The van der Waals surface area contributed by atoms with Gasteiger partial charge in [-0.1, -0.05) is 25.3 Å². The lowest BCUT2D eigenvalue weighted by atomic mass is 9.81. The second-order valence-electron chi connectivity index (χ2n) is 4.60. The van der Waals surface area contributed by atoms with Crippen LogP contribution >= 0.6 is 28.3 Å². The summed E-state index contributed by atoms with van der Waals surface area (Å²) in [6, 6.07) is 5.21. The molecule has 0 bridgehead atoms. The van der Waals surface area contributed by atoms with Crippen molar-refractivity contribution in [1.29, 1.82) is 0 Å². The van der Waals surface area contributed by atoms with Crippen LogP contribution in [0.25, 0.3) is 0 Å². The van der Waals surface area contributed by atoms with Crippen LogP contribution in [0, 0.1) is 11.7 Å². The summed E-state index contributed by atoms with van der Waals surface area (Å²) in [5.74, 6) is 0.304. The fourth-order valence-electron chi connectivity index (χ4n) is 2.49. The van der Waals surface area contributed by atoms with Gasteiger partial charge in [0.15, 0.2) is 0 Å². The predicted octanol–water partition coefficient (Wildman–Crippen LogP) is 4.59. The summed E-state index contributed by atoms with van der Waals surface area (Å²) >= 11 is 3.16. The Hall–Kier alpha value is -0.120. The van der Waals surface area contributed by atoms with E-state index in [-0.39, 0.29) is 24.3 Å². The van der Waals surface area contributed by atoms with Crippen LogP contribution in [-0.4, -0.2) is 0 Å². The minimum Gasteiger partial charge on any atom is -0.324 e. The minimum atomic E-state index is -0.219. The zero-order valence-electron chi connectivity index (χ0n) is 9.66. The third-order valence-electron chi connectivity index (χ3n) is 3.49. The number of rotatable bonds is 2. The van der Waals surface area contributed by atoms with Crippen LogP contribution in [0.5, 0.6) is 0 Å². The molecule has 1 nitrogen and oxygen atoms in total. The third kappa shape index (κ3) is 3.67. The lowest BCUT2D eigenvalue weighted by molar-refractivity contribution is 0.308. The largest absolute Gasteiger partial charge is 0.324 e. The van der Waals surface area contributed by atoms with Crippen molar-refractivity contribution < 1.29 is 4.39 Å². The SMILES string of the molecule is Cl.N[C@@H](c1ccc(Br)c(F)c1)C1CCCCC1. The monoisotopic (exact) mass is 321 g/mol. The number of hydrogen-bond acceptors (Lipinski definition) is 1. The maximum absolute atomic E-state index is 13.4. The van der Waals surface area contributed by atoms with Crippen molar-refractivity contribution in [3.8, 4) is 0 Å². The number of halogens is 3. The quantitative estimate of drug-likeness (QED) is 0.846. The summed E-state index contributed by atoms with van der Waals surface area (Å²) in [5, 5.41) is 0. The number of benzene rings is 1. The Morgan fingerprint density at radius 3 is 2.47 bits per heavy atom. The molecule has 96 valence electrons. The van der Waals surface area contributed by atoms with Gasteiger partial charge in [-0.15, -0.1) is 12.4 Å². The summed E-state index contributed by atoms with van der Waals surface area (Å²) in [7, 11) is 0. The summed E-state index contributed by atoms with van der Waals surface area (Å²) < 4.78 is 13.9. The highest BCUT2D eigenvalue weighted by molar-refractivity contribution is 9.10. The summed E-state index contributed by atoms with van der Waals surface area (Å²) in [4.78, 5) is 0. The van der Waals surface area contributed by atoms with Crippen molar-refractivity contribution in [3.05, 3.63) is 34.1 Å². The minimum absolute atomic E-state index is 0. The van der Waals surface area contributed by atoms with Crippen LogP contribution in [-0.2, 0) is 0 Å². The van der Waals surface area contributed by atoms with Gasteiger partial charge in [-0.3, -0.25) is 0 Å². The second-order valence-corrected chi connectivity index (χ2v) is 5.45. The summed E-state index contributed by atoms with van der Waals surface area (Å²) in [6.45, 7) is 0. The van der Waals surface area contributed by atoms with Crippen molar-refractivity contribution in [2.24, 2.45) is 11.7 Å². The van der Waals surface area contributed by atoms with Gasteiger partial charge in [0.1, 0.15) is 5.82 Å². The Morgan fingerprint density at radius 2 is 1.88 bits per heavy atom. The van der Waals surface area contributed by atoms with Crippen LogP contribution < -0.4 is 5.73 Å². The van der Waals surface area contributed by atoms with Gasteiger partial charge in [0.2, 0.25) is 0 Å². The van der Waals surface area contributed by atoms with E-state index in [1.54, 1.807) is 12.1 Å². The van der Waals surface area contributed by atoms with Crippen molar-refractivity contribution in [2.75, 3.05) is 0 Å². The molecule has 1 aliphatic rings. The molecule has 0 heterocycles. The number of nitrogens with two attached hydrogens (primary N) is 1. The molecule has 0 amide bonds. The van der Waals surface area contributed by atoms with Gasteiger partial charge in [0.05, 0.1) is 4.47 Å². The first-order valence-corrected chi connectivity index (χ1v) is 6.68. The van der Waals surface area contributed by atoms with Crippen molar-refractivity contribution >= 4 is 28.3 Å². The molecule has 2 N–H and O–H groups in total. The molecule has 1 aliphatic carbocycles. The van der Waals surface area contributed by atoms with Gasteiger partial charge in [-0.2, -0.15) is 0 Å². The van der Waals surface area contributed by atoms with E-state index in [0.717, 1.165) is 5.56 Å². The van der Waals surface area contributed by atoms with Gasteiger partial charge < -0.3 is 5.73 Å². The number of hydrogen-bond donors (Lipinski definition) is 1. The Bertz CT molecular complexity index is 366. The average molecular weight is 323 g/mol. The molecule has 17 heavy (non-hydrogen) atoms. The topological polar surface area (TPSA) is 26.0 Å². The lowest BCUT2D eigenvalue weighted by Crippen LogP contribution is -2.23. The molecule has 1 saturated carbocycles. The van der Waals surface area contributed by atoms with Gasteiger partial charge in [-0.25, -0.2) is 4.39 Å². The van der Waals surface area contributed by atoms with Gasteiger partial charge in [-0.05, 0) is 52.4 Å². The molecule has 0 saturated heterocycles. The van der Waals surface area contributed by atoms with E-state index in [1.807, 2.05) is 6.07 Å². The Kier molecular flexibility index (Phi) is 5.90. The van der Waals surface area contributed by atoms with Crippen LogP contribution in [0.15, 0.2) is 22.7 Å². The summed E-state index contributed by atoms with van der Waals surface area (Å²) in [6.07, 6.45) is 6.20. The Balaban J connectivity index is 0.00000144. The molecule has 0 aromatic heterocycles. The Labute approximate surface area is 117 Å². The van der Waals surface area contributed by atoms with Crippen molar-refractivity contribution in [2.45, 2.75) is 38.1 Å². The van der Waals surface area contributed by atoms with Gasteiger partial charge in [0, 0.05) is 6.04 Å². The van der Waals surface area contributed by atoms with Crippen molar-refractivity contribution in [3.63, 3.8) is 0 Å². The zero-order chi connectivity index (χ0) is 11.5. The molecule has 0 unspecified atom stereocenters. The smallest absolute Gasteiger partial charge is 0.137 e. The van der Waals surface area contributed by atoms with E-state index >= 15 is 0 Å². The maximum atomic E-state index is 13.4. The second kappa shape index (κ2) is 6.72. The molecular formula is C13H18BrClFN. The van der Waals surface area contributed by atoms with E-state index in [4.69, 9.17) is 5.73 Å². The van der Waals surface area contributed by atoms with E-state index in [2.05, 4.69) is 15.9 Å². The zero-order valence-corrected chi connectivity index (χ0v) is 12.1. The first-order chi connectivity index (χ1) is 7.68. The molecule has 4 heteroatoms. The molecule has 0 radical (unpaired) electrons. The molecule has 1 aromatic carbocycles. The fraction of sp³-hybridized carbons (Fsp3) is 0.538. The standard InChI is InChI=1S/C13H17BrFN.ClH/c14-11-7-6-10(8-12(11)15)13(16)9-4-2-1-3-5-9;/h6-9,13H,1-5,16H2;1H/t13-;/m1./s1. The molecule has 1 fully saturated rings. The lowest BCUT2D eigenvalue weighted by Gasteiger charge is -2.27. The van der Waals surface area contributed by atoms with Crippen molar-refractivity contribution in [1.82, 2.24) is 0 Å². The molecule has 0 aliphatic heterocycles. The van der Waals surface area contributed by atoms with Crippen LogP contribution in [0.2, 0.25) is 0 Å². The highest BCUT2D eigenvalue weighted by Gasteiger charge is 2.22. The average Bonchev–Trinajstić information content (AvgIpc) is 2.33. The van der Waals surface area contributed by atoms with Gasteiger partial charge in [0.25, 0.3) is 0 Å². The fourth-order valence-corrected chi connectivity index (χ4v) is 2.73. The highest BCUT2D eigenvalue weighted by atomic mass is 79.9. The Morgan fingerprint density at radius 1 is 1.24 bits per heavy atom. The van der Waals surface area contributed by atoms with Crippen LogP contribution in [0.4, 0.5) is 4.39 Å². The van der Waals surface area contributed by atoms with E-state index in [1.165, 1.54) is 32.1 Å². The van der Waals surface area contributed by atoms with Crippen LogP contribution in [0.3, 0.4) is 0 Å². The van der Waals surface area contributed by atoms with E-state index in [0.29, 0.717) is 10.4 Å². The third-order valence-corrected chi connectivity index (χ3v) is 4.13. The molecule has 2 rings (SSSR count). The molecule has 1 atom stereocenters. The first kappa shape index (κ1) is 14.9. The molecule has 0 spiro atoms. The van der Waals surface area contributed by atoms with E-state index < -0.39 is 0 Å². The molecular weight excluding hydrogens is 305 g/mol.